The first-order chi connectivity index (χ1) is 12.2. The van der Waals surface area contributed by atoms with Gasteiger partial charge >= 0.3 is 0 Å². The number of nitrogens with zero attached hydrogens (tertiary/aromatic N) is 3. The minimum atomic E-state index is 0.675. The van der Waals surface area contributed by atoms with Crippen molar-refractivity contribution in [3.8, 4) is 11.1 Å². The molecule has 1 saturated heterocycles. The molecule has 1 aliphatic carbocycles. The van der Waals surface area contributed by atoms with E-state index < -0.39 is 0 Å². The fourth-order valence-electron chi connectivity index (χ4n) is 4.07. The Kier molecular flexibility index (Phi) is 3.64. The molecule has 0 unspecified atom stereocenters. The number of hydrogen-bond acceptors (Lipinski definition) is 4. The Balaban J connectivity index is 1.41. The lowest BCUT2D eigenvalue weighted by atomic mass is 9.78. The topological polar surface area (TPSA) is 29.0 Å². The van der Waals surface area contributed by atoms with E-state index in [-0.39, 0.29) is 0 Å². The molecular formula is C21H23N3S. The molecule has 3 heterocycles. The second kappa shape index (κ2) is 5.89. The maximum Gasteiger partial charge on any atom is 0.0970 e. The number of hydrogen-bond donors (Lipinski definition) is 0. The second-order valence-electron chi connectivity index (χ2n) is 7.53. The highest BCUT2D eigenvalue weighted by molar-refractivity contribution is 7.18. The van der Waals surface area contributed by atoms with Crippen LogP contribution in [0.3, 0.4) is 0 Å². The average Bonchev–Trinajstić information content (AvgIpc) is 2.90. The van der Waals surface area contributed by atoms with Gasteiger partial charge in [0.15, 0.2) is 0 Å². The number of rotatable bonds is 3. The maximum atomic E-state index is 4.93. The third kappa shape index (κ3) is 2.68. The van der Waals surface area contributed by atoms with Crippen LogP contribution < -0.4 is 0 Å². The van der Waals surface area contributed by atoms with Gasteiger partial charge in [-0.25, -0.2) is 4.98 Å². The van der Waals surface area contributed by atoms with Crippen LogP contribution in [0.15, 0.2) is 30.3 Å². The zero-order valence-corrected chi connectivity index (χ0v) is 15.6. The molecule has 2 aromatic heterocycles. The van der Waals surface area contributed by atoms with Gasteiger partial charge in [-0.1, -0.05) is 12.1 Å². The van der Waals surface area contributed by atoms with Gasteiger partial charge in [-0.3, -0.25) is 4.98 Å². The summed E-state index contributed by atoms with van der Waals surface area (Å²) < 4.78 is 1.31. The summed E-state index contributed by atoms with van der Waals surface area (Å²) in [5.74, 6) is 0.675. The molecule has 4 heteroatoms. The first-order valence-electron chi connectivity index (χ1n) is 9.26. The van der Waals surface area contributed by atoms with Gasteiger partial charge in [0.1, 0.15) is 0 Å². The van der Waals surface area contributed by atoms with Crippen LogP contribution in [0.1, 0.15) is 41.6 Å². The summed E-state index contributed by atoms with van der Waals surface area (Å²) in [7, 11) is 0. The van der Waals surface area contributed by atoms with Gasteiger partial charge in [0.05, 0.1) is 15.2 Å². The van der Waals surface area contributed by atoms with E-state index in [2.05, 4.69) is 47.1 Å². The van der Waals surface area contributed by atoms with Gasteiger partial charge < -0.3 is 4.90 Å². The van der Waals surface area contributed by atoms with Crippen LogP contribution in [0.5, 0.6) is 0 Å². The Morgan fingerprint density at radius 3 is 2.60 bits per heavy atom. The summed E-state index contributed by atoms with van der Waals surface area (Å²) in [5, 5.41) is 1.34. The summed E-state index contributed by atoms with van der Waals surface area (Å²) in [4.78, 5) is 12.2. The number of pyridine rings is 1. The van der Waals surface area contributed by atoms with Crippen LogP contribution in [0.2, 0.25) is 0 Å². The predicted octanol–water partition coefficient (Wildman–Crippen LogP) is 4.93. The van der Waals surface area contributed by atoms with E-state index >= 15 is 0 Å². The first-order valence-corrected chi connectivity index (χ1v) is 10.1. The van der Waals surface area contributed by atoms with Gasteiger partial charge in [-0.15, -0.1) is 11.3 Å². The largest absolute Gasteiger partial charge is 0.300 e. The predicted molar refractivity (Wildman–Crippen MR) is 104 cm³/mol. The van der Waals surface area contributed by atoms with E-state index in [0.29, 0.717) is 5.92 Å². The van der Waals surface area contributed by atoms with Crippen molar-refractivity contribution in [3.63, 3.8) is 0 Å². The van der Waals surface area contributed by atoms with E-state index in [0.717, 1.165) is 22.9 Å². The summed E-state index contributed by atoms with van der Waals surface area (Å²) in [6.07, 6.45) is 3.99. The standard InChI is InChI=1S/C21H23N3S/c1-13-4-6-18(14(2)22-13)15-5-7-19-20(12-15)25-21(23-19)16-10-17(11-16)24-8-3-9-24/h4-7,12,16-17H,3,8-11H2,1-2H3/t16-,17-. The minimum absolute atomic E-state index is 0.675. The second-order valence-corrected chi connectivity index (χ2v) is 8.59. The Hall–Kier alpha value is -1.78. The van der Waals surface area contributed by atoms with E-state index in [4.69, 9.17) is 4.98 Å². The lowest BCUT2D eigenvalue weighted by Crippen LogP contribution is -2.50. The zero-order valence-electron chi connectivity index (χ0n) is 14.8. The summed E-state index contributed by atoms with van der Waals surface area (Å²) >= 11 is 1.89. The third-order valence-electron chi connectivity index (χ3n) is 5.81. The number of aromatic nitrogens is 2. The lowest BCUT2D eigenvalue weighted by Gasteiger charge is -2.46. The minimum Gasteiger partial charge on any atom is -0.300 e. The Morgan fingerprint density at radius 1 is 1.04 bits per heavy atom. The molecular weight excluding hydrogens is 326 g/mol. The van der Waals surface area contributed by atoms with E-state index in [1.54, 1.807) is 0 Å². The molecule has 2 fully saturated rings. The molecule has 25 heavy (non-hydrogen) atoms. The highest BCUT2D eigenvalue weighted by atomic mass is 32.1. The van der Waals surface area contributed by atoms with Crippen LogP contribution in [-0.2, 0) is 0 Å². The van der Waals surface area contributed by atoms with Crippen LogP contribution in [0.4, 0.5) is 0 Å². The normalized spacial score (nSPS) is 23.4. The van der Waals surface area contributed by atoms with Crippen LogP contribution in [0.25, 0.3) is 21.3 Å². The molecule has 0 bridgehead atoms. The molecule has 0 amide bonds. The summed E-state index contributed by atoms with van der Waals surface area (Å²) in [6.45, 7) is 6.76. The van der Waals surface area contributed by atoms with Crippen molar-refractivity contribution in [3.05, 3.63) is 46.7 Å². The fourth-order valence-corrected chi connectivity index (χ4v) is 5.20. The van der Waals surface area contributed by atoms with Crippen molar-refractivity contribution in [2.24, 2.45) is 0 Å². The van der Waals surface area contributed by atoms with Gasteiger partial charge in [-0.2, -0.15) is 0 Å². The van der Waals surface area contributed by atoms with E-state index in [1.165, 1.54) is 53.2 Å². The van der Waals surface area contributed by atoms with Crippen molar-refractivity contribution in [1.82, 2.24) is 14.9 Å². The molecule has 0 radical (unpaired) electrons. The van der Waals surface area contributed by atoms with Crippen molar-refractivity contribution in [1.29, 1.82) is 0 Å². The van der Waals surface area contributed by atoms with Crippen molar-refractivity contribution >= 4 is 21.6 Å². The molecule has 1 aromatic carbocycles. The van der Waals surface area contributed by atoms with Crippen molar-refractivity contribution in [2.45, 2.75) is 45.1 Å². The number of benzene rings is 1. The maximum absolute atomic E-state index is 4.93. The summed E-state index contributed by atoms with van der Waals surface area (Å²) in [5.41, 5.74) is 5.79. The Labute approximate surface area is 152 Å². The van der Waals surface area contributed by atoms with Gasteiger partial charge in [0.2, 0.25) is 0 Å². The lowest BCUT2D eigenvalue weighted by molar-refractivity contribution is 0.0541. The van der Waals surface area contributed by atoms with Crippen LogP contribution in [0, 0.1) is 13.8 Å². The van der Waals surface area contributed by atoms with Gasteiger partial charge in [0.25, 0.3) is 0 Å². The number of thiazole rings is 1. The molecule has 3 nitrogen and oxygen atoms in total. The van der Waals surface area contributed by atoms with E-state index in [1.807, 2.05) is 18.3 Å². The zero-order chi connectivity index (χ0) is 17.0. The van der Waals surface area contributed by atoms with Crippen LogP contribution in [-0.4, -0.2) is 34.0 Å². The van der Waals surface area contributed by atoms with Crippen molar-refractivity contribution in [2.75, 3.05) is 13.1 Å². The number of likely N-dealkylation sites (tertiary alicyclic amines) is 1. The Bertz CT molecular complexity index is 935. The molecule has 2 aliphatic rings. The quantitative estimate of drug-likeness (QED) is 0.671. The molecule has 0 atom stereocenters. The number of aryl methyl sites for hydroxylation is 2. The summed E-state index contributed by atoms with van der Waals surface area (Å²) in [6, 6.07) is 11.8. The first kappa shape index (κ1) is 15.5. The molecule has 1 saturated carbocycles. The highest BCUT2D eigenvalue weighted by Gasteiger charge is 2.37. The van der Waals surface area contributed by atoms with Gasteiger partial charge in [0, 0.05) is 28.9 Å². The SMILES string of the molecule is Cc1ccc(-c2ccc3nc([C@H]4C[C@H](N5CCC5)C4)sc3c2)c(C)n1. The Morgan fingerprint density at radius 2 is 1.88 bits per heavy atom. The molecule has 1 aliphatic heterocycles. The molecule has 0 spiro atoms. The molecule has 3 aromatic rings. The average molecular weight is 350 g/mol. The van der Waals surface area contributed by atoms with Crippen LogP contribution >= 0.6 is 11.3 Å². The molecule has 0 N–H and O–H groups in total. The number of fused-ring (bicyclic) bond motifs is 1. The highest BCUT2D eigenvalue weighted by Crippen LogP contribution is 2.44. The van der Waals surface area contributed by atoms with Crippen molar-refractivity contribution < 1.29 is 0 Å². The molecule has 128 valence electrons. The van der Waals surface area contributed by atoms with E-state index in [9.17, 15) is 0 Å². The van der Waals surface area contributed by atoms with Gasteiger partial charge in [-0.05, 0) is 70.0 Å². The fraction of sp³-hybridized carbons (Fsp3) is 0.429. The monoisotopic (exact) mass is 349 g/mol. The molecule has 5 rings (SSSR count). The third-order valence-corrected chi connectivity index (χ3v) is 6.99. The smallest absolute Gasteiger partial charge is 0.0970 e.